The summed E-state index contributed by atoms with van der Waals surface area (Å²) >= 11 is 0. The van der Waals surface area contributed by atoms with Crippen LogP contribution < -0.4 is 10.2 Å². The summed E-state index contributed by atoms with van der Waals surface area (Å²) in [5, 5.41) is 13.1. The molecule has 190 valence electrons. The molecule has 0 bridgehead atoms. The van der Waals surface area contributed by atoms with Crippen molar-refractivity contribution < 1.29 is 9.18 Å². The van der Waals surface area contributed by atoms with Crippen molar-refractivity contribution in [3.63, 3.8) is 0 Å². The largest absolute Gasteiger partial charge is 0.315 e. The van der Waals surface area contributed by atoms with Crippen molar-refractivity contribution in [3.05, 3.63) is 90.6 Å². The van der Waals surface area contributed by atoms with Crippen molar-refractivity contribution in [1.82, 2.24) is 30.3 Å². The van der Waals surface area contributed by atoms with E-state index < -0.39 is 11.7 Å². The van der Waals surface area contributed by atoms with Gasteiger partial charge in [-0.05, 0) is 67.2 Å². The molecule has 3 aromatic heterocycles. The van der Waals surface area contributed by atoms with Gasteiger partial charge >= 0.3 is 0 Å². The molecule has 0 aliphatic carbocycles. The topological polar surface area (TPSA) is 88.8 Å². The number of nitrogens with zero attached hydrogens (tertiary/aromatic N) is 6. The lowest BCUT2D eigenvalue weighted by Crippen LogP contribution is -2.49. The number of anilines is 1. The summed E-state index contributed by atoms with van der Waals surface area (Å²) in [5.41, 5.74) is 2.93. The Morgan fingerprint density at radius 1 is 1.03 bits per heavy atom. The maximum Gasteiger partial charge on any atom is 0.262 e. The summed E-state index contributed by atoms with van der Waals surface area (Å²) in [6.45, 7) is 1.49. The predicted octanol–water partition coefficient (Wildman–Crippen LogP) is 4.63. The molecule has 8 nitrogen and oxygen atoms in total. The molecule has 2 aromatic carbocycles. The van der Waals surface area contributed by atoms with Gasteiger partial charge in [-0.15, -0.1) is 5.10 Å². The lowest BCUT2D eigenvalue weighted by atomic mass is 10.0. The standard InChI is InChI=1S/C29H26FN7O/c1-36-18-27(34-35-36)21-8-10-24(25(30)16-21)29(38)37(22-5-4-12-31-17-22)28-23-9-7-20(15-19(23)11-14-33-28)26-6-2-3-13-32-26/h2-3,6-11,13-16,18,22,31H,4-5,12,17H2,1H3/t22-/m1/s1. The highest BCUT2D eigenvalue weighted by atomic mass is 19.1. The summed E-state index contributed by atoms with van der Waals surface area (Å²) in [7, 11) is 1.75. The number of benzene rings is 2. The van der Waals surface area contributed by atoms with Gasteiger partial charge in [0.2, 0.25) is 0 Å². The lowest BCUT2D eigenvalue weighted by molar-refractivity contribution is 0.0968. The Kier molecular flexibility index (Phi) is 6.35. The number of hydrogen-bond acceptors (Lipinski definition) is 6. The molecule has 38 heavy (non-hydrogen) atoms. The summed E-state index contributed by atoms with van der Waals surface area (Å²) in [5.74, 6) is -0.508. The van der Waals surface area contributed by atoms with Crippen molar-refractivity contribution in [1.29, 1.82) is 0 Å². The van der Waals surface area contributed by atoms with Gasteiger partial charge in [0.25, 0.3) is 5.91 Å². The first-order valence-electron chi connectivity index (χ1n) is 12.6. The molecular formula is C29H26FN7O. The number of pyridine rings is 2. The van der Waals surface area contributed by atoms with Gasteiger partial charge in [0.1, 0.15) is 17.3 Å². The van der Waals surface area contributed by atoms with Gasteiger partial charge in [0.05, 0.1) is 23.5 Å². The van der Waals surface area contributed by atoms with Gasteiger partial charge in [-0.25, -0.2) is 9.37 Å². The number of amides is 1. The van der Waals surface area contributed by atoms with Crippen LogP contribution in [-0.4, -0.2) is 50.0 Å². The SMILES string of the molecule is Cn1cc(-c2ccc(C(=O)N(c3nccc4cc(-c5ccccn5)ccc34)[C@@H]3CCCNC3)c(F)c2)nn1. The van der Waals surface area contributed by atoms with Gasteiger partial charge in [-0.2, -0.15) is 0 Å². The minimum absolute atomic E-state index is 0.00729. The quantitative estimate of drug-likeness (QED) is 0.373. The Hall–Kier alpha value is -4.50. The van der Waals surface area contributed by atoms with E-state index in [1.54, 1.807) is 41.3 Å². The predicted molar refractivity (Wildman–Crippen MR) is 144 cm³/mol. The third-order valence-corrected chi connectivity index (χ3v) is 6.88. The fourth-order valence-corrected chi connectivity index (χ4v) is 4.99. The molecule has 1 saturated heterocycles. The van der Waals surface area contributed by atoms with Crippen LogP contribution in [0.4, 0.5) is 10.2 Å². The Morgan fingerprint density at radius 2 is 1.89 bits per heavy atom. The highest BCUT2D eigenvalue weighted by Crippen LogP contribution is 2.32. The monoisotopic (exact) mass is 507 g/mol. The van der Waals surface area contributed by atoms with Gasteiger partial charge in [0.15, 0.2) is 0 Å². The number of hydrogen-bond donors (Lipinski definition) is 1. The maximum absolute atomic E-state index is 15.4. The smallest absolute Gasteiger partial charge is 0.262 e. The molecular weight excluding hydrogens is 481 g/mol. The number of carbonyl (C=O) groups excluding carboxylic acids is 1. The maximum atomic E-state index is 15.4. The molecule has 5 aromatic rings. The molecule has 6 rings (SSSR count). The second-order valence-electron chi connectivity index (χ2n) is 9.43. The van der Waals surface area contributed by atoms with Crippen LogP contribution in [0.15, 0.2) is 79.3 Å². The van der Waals surface area contributed by atoms with Crippen LogP contribution in [0.1, 0.15) is 23.2 Å². The van der Waals surface area contributed by atoms with Crippen molar-refractivity contribution >= 4 is 22.5 Å². The van der Waals surface area contributed by atoms with E-state index in [1.807, 2.05) is 42.5 Å². The summed E-state index contributed by atoms with van der Waals surface area (Å²) in [6.07, 6.45) is 6.87. The highest BCUT2D eigenvalue weighted by molar-refractivity contribution is 6.10. The van der Waals surface area contributed by atoms with Crippen LogP contribution in [0, 0.1) is 5.82 Å². The molecule has 1 amide bonds. The molecule has 9 heteroatoms. The van der Waals surface area contributed by atoms with Crippen molar-refractivity contribution in [2.75, 3.05) is 18.0 Å². The average Bonchev–Trinajstić information content (AvgIpc) is 3.40. The van der Waals surface area contributed by atoms with E-state index in [9.17, 15) is 4.79 Å². The molecule has 0 saturated carbocycles. The van der Waals surface area contributed by atoms with Gasteiger partial charge in [-0.1, -0.05) is 23.4 Å². The van der Waals surface area contributed by atoms with Gasteiger partial charge < -0.3 is 5.32 Å². The zero-order chi connectivity index (χ0) is 26.1. The van der Waals surface area contributed by atoms with Crippen molar-refractivity contribution in [2.24, 2.45) is 7.05 Å². The second kappa shape index (κ2) is 10.1. The van der Waals surface area contributed by atoms with Crippen LogP contribution in [0.3, 0.4) is 0 Å². The average molecular weight is 508 g/mol. The van der Waals surface area contributed by atoms with E-state index in [1.165, 1.54) is 12.1 Å². The molecule has 0 radical (unpaired) electrons. The molecule has 4 heterocycles. The number of nitrogens with one attached hydrogen (secondary N) is 1. The van der Waals surface area contributed by atoms with Crippen LogP contribution in [0.25, 0.3) is 33.3 Å². The number of halogens is 1. The van der Waals surface area contributed by atoms with Gasteiger partial charge in [-0.3, -0.25) is 19.4 Å². The van der Waals surface area contributed by atoms with E-state index in [0.717, 1.165) is 41.4 Å². The Balaban J connectivity index is 1.42. The van der Waals surface area contributed by atoms with Gasteiger partial charge in [0, 0.05) is 42.5 Å². The van der Waals surface area contributed by atoms with E-state index in [-0.39, 0.29) is 11.6 Å². The Labute approximate surface area is 219 Å². The number of carbonyl (C=O) groups is 1. The minimum atomic E-state index is -0.607. The van der Waals surface area contributed by atoms with E-state index in [0.29, 0.717) is 23.6 Å². The van der Waals surface area contributed by atoms with Crippen LogP contribution in [-0.2, 0) is 7.05 Å². The first-order valence-corrected chi connectivity index (χ1v) is 12.6. The molecule has 0 unspecified atom stereocenters. The molecule has 1 aliphatic rings. The molecule has 1 fully saturated rings. The zero-order valence-electron chi connectivity index (χ0n) is 20.9. The molecule has 1 aliphatic heterocycles. The van der Waals surface area contributed by atoms with Crippen LogP contribution >= 0.6 is 0 Å². The van der Waals surface area contributed by atoms with Crippen molar-refractivity contribution in [2.45, 2.75) is 18.9 Å². The summed E-state index contributed by atoms with van der Waals surface area (Å²) in [6, 6.07) is 18.1. The first-order chi connectivity index (χ1) is 18.6. The molecule has 0 spiro atoms. The van der Waals surface area contributed by atoms with E-state index in [2.05, 4.69) is 25.6 Å². The number of rotatable bonds is 5. The van der Waals surface area contributed by atoms with Crippen molar-refractivity contribution in [3.8, 4) is 22.5 Å². The molecule has 1 atom stereocenters. The summed E-state index contributed by atoms with van der Waals surface area (Å²) < 4.78 is 17.0. The third kappa shape index (κ3) is 4.52. The number of piperidine rings is 1. The normalized spacial score (nSPS) is 15.5. The minimum Gasteiger partial charge on any atom is -0.315 e. The molecule has 1 N–H and O–H groups in total. The number of fused-ring (bicyclic) bond motifs is 1. The first kappa shape index (κ1) is 23.9. The second-order valence-corrected chi connectivity index (χ2v) is 9.43. The van der Waals surface area contributed by atoms with E-state index in [4.69, 9.17) is 0 Å². The highest BCUT2D eigenvalue weighted by Gasteiger charge is 2.31. The fraction of sp³-hybridized carbons (Fsp3) is 0.207. The zero-order valence-corrected chi connectivity index (χ0v) is 20.9. The Bertz CT molecular complexity index is 1610. The summed E-state index contributed by atoms with van der Waals surface area (Å²) in [4.78, 5) is 24.8. The Morgan fingerprint density at radius 3 is 2.63 bits per heavy atom. The number of aryl methyl sites for hydroxylation is 1. The lowest BCUT2D eigenvalue weighted by Gasteiger charge is -2.34. The number of aromatic nitrogens is 5. The third-order valence-electron chi connectivity index (χ3n) is 6.88. The van der Waals surface area contributed by atoms with E-state index >= 15 is 4.39 Å². The van der Waals surface area contributed by atoms with Crippen LogP contribution in [0.5, 0.6) is 0 Å². The fourth-order valence-electron chi connectivity index (χ4n) is 4.99. The van der Waals surface area contributed by atoms with Crippen LogP contribution in [0.2, 0.25) is 0 Å².